The molecule has 0 aliphatic rings. The second kappa shape index (κ2) is 3.77. The molecule has 0 amide bonds. The summed E-state index contributed by atoms with van der Waals surface area (Å²) in [6, 6.07) is 5.51. The smallest absolute Gasteiger partial charge is 0.374 e. The third-order valence-electron chi connectivity index (χ3n) is 2.20. The van der Waals surface area contributed by atoms with Gasteiger partial charge in [0.15, 0.2) is 0 Å². The molecule has 0 saturated carbocycles. The average Bonchev–Trinajstić information content (AvgIpc) is 2.26. The number of carboxylic acids is 1. The van der Waals surface area contributed by atoms with Crippen LogP contribution < -0.4 is 4.74 Å². The van der Waals surface area contributed by atoms with Crippen molar-refractivity contribution >= 4 is 16.9 Å². The van der Waals surface area contributed by atoms with Crippen molar-refractivity contribution in [1.82, 2.24) is 9.97 Å². The molecule has 5 nitrogen and oxygen atoms in total. The van der Waals surface area contributed by atoms with Crippen LogP contribution in [0, 0.1) is 6.92 Å². The molecule has 2 aromatic rings. The zero-order chi connectivity index (χ0) is 11.7. The minimum atomic E-state index is -1.17. The lowest BCUT2D eigenvalue weighted by molar-refractivity contribution is 0.0683. The Morgan fingerprint density at radius 2 is 2.12 bits per heavy atom. The van der Waals surface area contributed by atoms with Crippen molar-refractivity contribution in [3.63, 3.8) is 0 Å². The van der Waals surface area contributed by atoms with Crippen LogP contribution in [0.2, 0.25) is 0 Å². The molecular weight excluding hydrogens is 208 g/mol. The topological polar surface area (TPSA) is 72.3 Å². The van der Waals surface area contributed by atoms with E-state index in [0.717, 1.165) is 5.56 Å². The van der Waals surface area contributed by atoms with E-state index >= 15 is 0 Å². The summed E-state index contributed by atoms with van der Waals surface area (Å²) in [5.74, 6) is -1.14. The molecule has 0 radical (unpaired) electrons. The molecule has 5 heteroatoms. The number of hydrogen-bond acceptors (Lipinski definition) is 4. The Morgan fingerprint density at radius 3 is 2.75 bits per heavy atom. The summed E-state index contributed by atoms with van der Waals surface area (Å²) < 4.78 is 5.04. The molecule has 0 saturated heterocycles. The molecule has 1 aromatic heterocycles. The van der Waals surface area contributed by atoms with Crippen LogP contribution in [-0.2, 0) is 0 Å². The molecule has 0 bridgehead atoms. The highest BCUT2D eigenvalue weighted by molar-refractivity contribution is 5.90. The van der Waals surface area contributed by atoms with Crippen molar-refractivity contribution in [3.8, 4) is 5.88 Å². The van der Waals surface area contributed by atoms with Gasteiger partial charge in [0, 0.05) is 0 Å². The van der Waals surface area contributed by atoms with Gasteiger partial charge in [0.25, 0.3) is 0 Å². The summed E-state index contributed by atoms with van der Waals surface area (Å²) >= 11 is 0. The van der Waals surface area contributed by atoms with Crippen molar-refractivity contribution in [1.29, 1.82) is 0 Å². The predicted molar refractivity (Wildman–Crippen MR) is 57.8 cm³/mol. The van der Waals surface area contributed by atoms with Gasteiger partial charge < -0.3 is 9.84 Å². The van der Waals surface area contributed by atoms with E-state index < -0.39 is 5.97 Å². The van der Waals surface area contributed by atoms with Crippen molar-refractivity contribution in [2.24, 2.45) is 0 Å². The van der Waals surface area contributed by atoms with E-state index in [-0.39, 0.29) is 11.7 Å². The first-order valence-electron chi connectivity index (χ1n) is 4.67. The van der Waals surface area contributed by atoms with E-state index in [4.69, 9.17) is 9.84 Å². The van der Waals surface area contributed by atoms with E-state index in [9.17, 15) is 4.79 Å². The van der Waals surface area contributed by atoms with Crippen LogP contribution in [0.15, 0.2) is 18.2 Å². The monoisotopic (exact) mass is 218 g/mol. The number of rotatable bonds is 2. The van der Waals surface area contributed by atoms with Crippen molar-refractivity contribution in [3.05, 3.63) is 29.6 Å². The lowest BCUT2D eigenvalue weighted by Crippen LogP contribution is -2.06. The van der Waals surface area contributed by atoms with Crippen molar-refractivity contribution in [2.75, 3.05) is 7.11 Å². The van der Waals surface area contributed by atoms with E-state index in [0.29, 0.717) is 10.9 Å². The molecule has 0 aliphatic heterocycles. The van der Waals surface area contributed by atoms with E-state index in [1.165, 1.54) is 7.11 Å². The third-order valence-corrected chi connectivity index (χ3v) is 2.20. The van der Waals surface area contributed by atoms with Gasteiger partial charge in [-0.2, -0.15) is 4.98 Å². The summed E-state index contributed by atoms with van der Waals surface area (Å²) in [5.41, 5.74) is 1.58. The molecule has 0 aliphatic carbocycles. The number of carboxylic acid groups (broad SMARTS) is 1. The van der Waals surface area contributed by atoms with Crippen molar-refractivity contribution < 1.29 is 14.6 Å². The van der Waals surface area contributed by atoms with Crippen molar-refractivity contribution in [2.45, 2.75) is 6.92 Å². The molecule has 1 N–H and O–H groups in total. The summed E-state index contributed by atoms with van der Waals surface area (Å²) in [6.45, 7) is 1.91. The summed E-state index contributed by atoms with van der Waals surface area (Å²) in [6.07, 6.45) is 0. The minimum absolute atomic E-state index is 0.255. The SMILES string of the molecule is COc1nc(C(=O)O)nc2cc(C)ccc12. The Balaban J connectivity index is 2.78. The van der Waals surface area contributed by atoms with Gasteiger partial charge in [-0.25, -0.2) is 9.78 Å². The fraction of sp³-hybridized carbons (Fsp3) is 0.182. The number of aryl methyl sites for hydroxylation is 1. The zero-order valence-electron chi connectivity index (χ0n) is 8.89. The molecular formula is C11H10N2O3. The number of aromatic nitrogens is 2. The van der Waals surface area contributed by atoms with Gasteiger partial charge in [0.1, 0.15) is 0 Å². The molecule has 2 rings (SSSR count). The summed E-state index contributed by atoms with van der Waals surface area (Å²) in [5, 5.41) is 9.56. The number of fused-ring (bicyclic) bond motifs is 1. The summed E-state index contributed by atoms with van der Waals surface area (Å²) in [7, 11) is 1.45. The highest BCUT2D eigenvalue weighted by Gasteiger charge is 2.12. The molecule has 0 atom stereocenters. The first kappa shape index (κ1) is 10.4. The van der Waals surface area contributed by atoms with E-state index in [2.05, 4.69) is 9.97 Å². The van der Waals surface area contributed by atoms with Gasteiger partial charge in [0.2, 0.25) is 11.7 Å². The fourth-order valence-corrected chi connectivity index (χ4v) is 1.46. The number of methoxy groups -OCH3 is 1. The maximum atomic E-state index is 10.8. The number of hydrogen-bond donors (Lipinski definition) is 1. The van der Waals surface area contributed by atoms with Crippen LogP contribution >= 0.6 is 0 Å². The van der Waals surface area contributed by atoms with Gasteiger partial charge in [-0.3, -0.25) is 0 Å². The molecule has 16 heavy (non-hydrogen) atoms. The molecule has 0 unspecified atom stereocenters. The first-order chi connectivity index (χ1) is 7.61. The molecule has 82 valence electrons. The number of aromatic carboxylic acids is 1. The number of nitrogens with zero attached hydrogens (tertiary/aromatic N) is 2. The maximum Gasteiger partial charge on any atom is 0.374 e. The Hall–Kier alpha value is -2.17. The average molecular weight is 218 g/mol. The normalized spacial score (nSPS) is 10.4. The van der Waals surface area contributed by atoms with Crippen LogP contribution in [0.5, 0.6) is 5.88 Å². The van der Waals surface area contributed by atoms with Gasteiger partial charge in [-0.1, -0.05) is 6.07 Å². The van der Waals surface area contributed by atoms with E-state index in [1.54, 1.807) is 6.07 Å². The van der Waals surface area contributed by atoms with E-state index in [1.807, 2.05) is 19.1 Å². The number of carbonyl (C=O) groups is 1. The maximum absolute atomic E-state index is 10.8. The Kier molecular flexibility index (Phi) is 2.44. The lowest BCUT2D eigenvalue weighted by Gasteiger charge is -2.05. The molecule has 0 spiro atoms. The van der Waals surface area contributed by atoms with Crippen LogP contribution in [0.4, 0.5) is 0 Å². The predicted octanol–water partition coefficient (Wildman–Crippen LogP) is 1.65. The molecule has 0 fully saturated rings. The Morgan fingerprint density at radius 1 is 1.38 bits per heavy atom. The largest absolute Gasteiger partial charge is 0.480 e. The van der Waals surface area contributed by atoms with Gasteiger partial charge in [0.05, 0.1) is 18.0 Å². The fourth-order valence-electron chi connectivity index (χ4n) is 1.46. The van der Waals surface area contributed by atoms with Gasteiger partial charge >= 0.3 is 5.97 Å². The van der Waals surface area contributed by atoms with Gasteiger partial charge in [-0.15, -0.1) is 0 Å². The highest BCUT2D eigenvalue weighted by atomic mass is 16.5. The van der Waals surface area contributed by atoms with Crippen LogP contribution in [0.3, 0.4) is 0 Å². The minimum Gasteiger partial charge on any atom is -0.480 e. The number of ether oxygens (including phenoxy) is 1. The lowest BCUT2D eigenvalue weighted by atomic mass is 10.2. The highest BCUT2D eigenvalue weighted by Crippen LogP contribution is 2.22. The van der Waals surface area contributed by atoms with Crippen LogP contribution in [-0.4, -0.2) is 28.2 Å². The number of benzene rings is 1. The zero-order valence-corrected chi connectivity index (χ0v) is 8.89. The first-order valence-corrected chi connectivity index (χ1v) is 4.67. The van der Waals surface area contributed by atoms with Crippen LogP contribution in [0.1, 0.15) is 16.2 Å². The summed E-state index contributed by atoms with van der Waals surface area (Å²) in [4.78, 5) is 18.6. The standard InChI is InChI=1S/C11H10N2O3/c1-6-3-4-7-8(5-6)12-9(11(14)15)13-10(7)16-2/h3-5H,1-2H3,(H,14,15). The molecule has 1 aromatic carbocycles. The second-order valence-corrected chi connectivity index (χ2v) is 3.38. The second-order valence-electron chi connectivity index (χ2n) is 3.38. The Labute approximate surface area is 91.7 Å². The van der Waals surface area contributed by atoms with Gasteiger partial charge in [-0.05, 0) is 24.6 Å². The quantitative estimate of drug-likeness (QED) is 0.829. The van der Waals surface area contributed by atoms with Crippen LogP contribution in [0.25, 0.3) is 10.9 Å². The third kappa shape index (κ3) is 1.67. The molecule has 1 heterocycles. The Bertz CT molecular complexity index is 566.